The van der Waals surface area contributed by atoms with E-state index < -0.39 is 0 Å². The molecule has 138 valence electrons. The summed E-state index contributed by atoms with van der Waals surface area (Å²) in [7, 11) is 1.56. The third-order valence-electron chi connectivity index (χ3n) is 4.75. The monoisotopic (exact) mass is 366 g/mol. The molecule has 1 aliphatic carbocycles. The lowest BCUT2D eigenvalue weighted by molar-refractivity contribution is 0.0926. The number of aromatic nitrogens is 3. The number of nitrogens with zero attached hydrogens (tertiary/aromatic N) is 3. The first-order valence-electron chi connectivity index (χ1n) is 8.70. The van der Waals surface area contributed by atoms with Gasteiger partial charge >= 0.3 is 0 Å². The van der Waals surface area contributed by atoms with Crippen LogP contribution < -0.4 is 10.1 Å². The highest BCUT2D eigenvalue weighted by Crippen LogP contribution is 2.40. The maximum absolute atomic E-state index is 13.6. The number of ether oxygens (including phenoxy) is 1. The molecule has 3 aromatic rings. The second-order valence-corrected chi connectivity index (χ2v) is 6.72. The fraction of sp³-hybridized carbons (Fsp3) is 0.250. The molecule has 27 heavy (non-hydrogen) atoms. The summed E-state index contributed by atoms with van der Waals surface area (Å²) in [4.78, 5) is 16.9. The molecular weight excluding hydrogens is 347 g/mol. The summed E-state index contributed by atoms with van der Waals surface area (Å²) in [6, 6.07) is 9.73. The van der Waals surface area contributed by atoms with E-state index in [0.717, 1.165) is 24.1 Å². The molecular formula is C20H19FN4O2. The van der Waals surface area contributed by atoms with Crippen molar-refractivity contribution in [2.75, 3.05) is 7.11 Å². The van der Waals surface area contributed by atoms with Crippen LogP contribution in [0.5, 0.6) is 5.75 Å². The summed E-state index contributed by atoms with van der Waals surface area (Å²) in [5, 5.41) is 7.23. The number of halogens is 1. The molecule has 0 bridgehead atoms. The molecule has 1 saturated carbocycles. The van der Waals surface area contributed by atoms with Gasteiger partial charge in [0.1, 0.15) is 17.3 Å². The predicted octanol–water partition coefficient (Wildman–Crippen LogP) is 2.92. The van der Waals surface area contributed by atoms with E-state index in [1.165, 1.54) is 12.1 Å². The quantitative estimate of drug-likeness (QED) is 0.728. The number of hydrogen-bond acceptors (Lipinski definition) is 4. The van der Waals surface area contributed by atoms with Crippen molar-refractivity contribution in [1.82, 2.24) is 20.1 Å². The van der Waals surface area contributed by atoms with Crippen LogP contribution in [0.25, 0.3) is 5.69 Å². The number of rotatable bonds is 6. The first-order chi connectivity index (χ1) is 13.1. The average molecular weight is 366 g/mol. The maximum atomic E-state index is 13.6. The van der Waals surface area contributed by atoms with Gasteiger partial charge in [-0.05, 0) is 61.2 Å². The Morgan fingerprint density at radius 1 is 1.30 bits per heavy atom. The molecule has 7 heteroatoms. The van der Waals surface area contributed by atoms with Crippen LogP contribution in [0.1, 0.15) is 28.9 Å². The van der Waals surface area contributed by atoms with E-state index in [1.54, 1.807) is 48.6 Å². The van der Waals surface area contributed by atoms with E-state index in [0.29, 0.717) is 17.9 Å². The number of hydrogen-bond donors (Lipinski definition) is 1. The van der Waals surface area contributed by atoms with Crippen molar-refractivity contribution >= 4 is 5.91 Å². The zero-order valence-corrected chi connectivity index (χ0v) is 14.9. The molecule has 1 aromatic carbocycles. The van der Waals surface area contributed by atoms with Crippen LogP contribution in [0.2, 0.25) is 0 Å². The van der Waals surface area contributed by atoms with Crippen molar-refractivity contribution in [3.63, 3.8) is 0 Å². The van der Waals surface area contributed by atoms with Crippen LogP contribution >= 0.6 is 0 Å². The lowest BCUT2D eigenvalue weighted by atomic mass is 10.0. The minimum Gasteiger partial charge on any atom is -0.496 e. The average Bonchev–Trinajstić information content (AvgIpc) is 3.20. The molecule has 0 atom stereocenters. The van der Waals surface area contributed by atoms with Gasteiger partial charge in [-0.2, -0.15) is 5.10 Å². The van der Waals surface area contributed by atoms with E-state index in [1.807, 2.05) is 6.07 Å². The normalized spacial score (nSPS) is 14.6. The molecule has 2 aromatic heterocycles. The van der Waals surface area contributed by atoms with Crippen molar-refractivity contribution < 1.29 is 13.9 Å². The van der Waals surface area contributed by atoms with Crippen LogP contribution in [-0.2, 0) is 6.42 Å². The number of pyridine rings is 1. The minimum absolute atomic E-state index is 0.253. The molecule has 0 aliphatic heterocycles. The second-order valence-electron chi connectivity index (χ2n) is 6.72. The van der Waals surface area contributed by atoms with Crippen molar-refractivity contribution in [2.45, 2.75) is 24.8 Å². The van der Waals surface area contributed by atoms with E-state index >= 15 is 0 Å². The Morgan fingerprint density at radius 2 is 2.15 bits per heavy atom. The Hall–Kier alpha value is -3.22. The van der Waals surface area contributed by atoms with Crippen LogP contribution in [0, 0.1) is 5.82 Å². The highest BCUT2D eigenvalue weighted by atomic mass is 19.1. The summed E-state index contributed by atoms with van der Waals surface area (Å²) in [5.41, 5.74) is 1.44. The van der Waals surface area contributed by atoms with Crippen molar-refractivity contribution in [3.05, 3.63) is 72.1 Å². The van der Waals surface area contributed by atoms with Gasteiger partial charge in [0.15, 0.2) is 0 Å². The molecule has 2 heterocycles. The van der Waals surface area contributed by atoms with Crippen molar-refractivity contribution in [2.24, 2.45) is 0 Å². The number of carbonyl (C=O) groups excluding carboxylic acids is 1. The maximum Gasteiger partial charge on any atom is 0.270 e. The number of amides is 1. The van der Waals surface area contributed by atoms with Gasteiger partial charge in [0, 0.05) is 24.1 Å². The van der Waals surface area contributed by atoms with Gasteiger partial charge in [0.2, 0.25) is 0 Å². The van der Waals surface area contributed by atoms with Gasteiger partial charge in [-0.3, -0.25) is 9.78 Å². The lowest BCUT2D eigenvalue weighted by Gasteiger charge is -2.19. The van der Waals surface area contributed by atoms with Gasteiger partial charge in [-0.1, -0.05) is 0 Å². The summed E-state index contributed by atoms with van der Waals surface area (Å²) in [6.07, 6.45) is 7.23. The van der Waals surface area contributed by atoms with Crippen molar-refractivity contribution in [3.8, 4) is 11.4 Å². The Kier molecular flexibility index (Phi) is 4.35. The molecule has 0 spiro atoms. The van der Waals surface area contributed by atoms with Gasteiger partial charge < -0.3 is 10.1 Å². The fourth-order valence-corrected chi connectivity index (χ4v) is 3.16. The molecule has 0 unspecified atom stereocenters. The molecule has 1 aliphatic rings. The van der Waals surface area contributed by atoms with Gasteiger partial charge in [0.05, 0.1) is 12.8 Å². The third kappa shape index (κ3) is 3.67. The Morgan fingerprint density at radius 3 is 2.85 bits per heavy atom. The second kappa shape index (κ2) is 6.83. The number of methoxy groups -OCH3 is 1. The summed E-state index contributed by atoms with van der Waals surface area (Å²) < 4.78 is 20.6. The molecule has 0 radical (unpaired) electrons. The van der Waals surface area contributed by atoms with Crippen LogP contribution in [0.4, 0.5) is 4.39 Å². The van der Waals surface area contributed by atoms with E-state index in [9.17, 15) is 9.18 Å². The van der Waals surface area contributed by atoms with E-state index in [4.69, 9.17) is 4.74 Å². The molecule has 1 amide bonds. The SMILES string of the molecule is COc1ccc(F)cc1CC1(NC(=O)c2cc(-n3cccn3)ccn2)CC1. The third-order valence-corrected chi connectivity index (χ3v) is 4.75. The number of benzene rings is 1. The van der Waals surface area contributed by atoms with Crippen LogP contribution in [-0.4, -0.2) is 33.3 Å². The molecule has 1 N–H and O–H groups in total. The van der Waals surface area contributed by atoms with Gasteiger partial charge in [-0.15, -0.1) is 0 Å². The lowest BCUT2D eigenvalue weighted by Crippen LogP contribution is -2.39. The highest BCUT2D eigenvalue weighted by Gasteiger charge is 2.44. The van der Waals surface area contributed by atoms with Crippen LogP contribution in [0.3, 0.4) is 0 Å². The summed E-state index contributed by atoms with van der Waals surface area (Å²) in [6.45, 7) is 0. The summed E-state index contributed by atoms with van der Waals surface area (Å²) >= 11 is 0. The minimum atomic E-state index is -0.387. The molecule has 6 nitrogen and oxygen atoms in total. The standard InChI is InChI=1S/C20H19FN4O2/c1-27-18-4-3-15(21)11-14(18)13-20(6-7-20)24-19(26)17-12-16(5-9-22-17)25-10-2-8-23-25/h2-5,8-12H,6-7,13H2,1H3,(H,24,26). The first-order valence-corrected chi connectivity index (χ1v) is 8.70. The predicted molar refractivity (Wildman–Crippen MR) is 97.4 cm³/mol. The fourth-order valence-electron chi connectivity index (χ4n) is 3.16. The topological polar surface area (TPSA) is 69.0 Å². The summed E-state index contributed by atoms with van der Waals surface area (Å²) in [5.74, 6) is 0.0501. The zero-order valence-electron chi connectivity index (χ0n) is 14.9. The zero-order chi connectivity index (χ0) is 18.9. The van der Waals surface area contributed by atoms with Gasteiger partial charge in [0.25, 0.3) is 5.91 Å². The number of nitrogens with one attached hydrogen (secondary N) is 1. The van der Waals surface area contributed by atoms with Gasteiger partial charge in [-0.25, -0.2) is 9.07 Å². The van der Waals surface area contributed by atoms with E-state index in [2.05, 4.69) is 15.4 Å². The molecule has 0 saturated heterocycles. The number of carbonyl (C=O) groups is 1. The van der Waals surface area contributed by atoms with Crippen molar-refractivity contribution in [1.29, 1.82) is 0 Å². The molecule has 4 rings (SSSR count). The Balaban J connectivity index is 1.51. The van der Waals surface area contributed by atoms with Crippen LogP contribution in [0.15, 0.2) is 55.0 Å². The Bertz CT molecular complexity index is 968. The largest absolute Gasteiger partial charge is 0.496 e. The molecule has 1 fully saturated rings. The van der Waals surface area contributed by atoms with E-state index in [-0.39, 0.29) is 17.3 Å². The smallest absolute Gasteiger partial charge is 0.270 e. The highest BCUT2D eigenvalue weighted by molar-refractivity contribution is 5.93. The Labute approximate surface area is 156 Å². The first kappa shape index (κ1) is 17.2.